The van der Waals surface area contributed by atoms with Crippen LogP contribution in [0.25, 0.3) is 0 Å². The first-order valence-electron chi connectivity index (χ1n) is 10.1. The van der Waals surface area contributed by atoms with Crippen molar-refractivity contribution in [3.8, 4) is 17.2 Å². The molecular formula is C22H28N2O6S. The number of rotatable bonds is 8. The molecule has 3 rings (SSSR count). The molecule has 31 heavy (non-hydrogen) atoms. The molecule has 1 amide bonds. The third kappa shape index (κ3) is 5.22. The molecule has 0 radical (unpaired) electrons. The Morgan fingerprint density at radius 3 is 2.65 bits per heavy atom. The molecule has 1 aliphatic heterocycles. The molecule has 1 N–H and O–H groups in total. The van der Waals surface area contributed by atoms with Crippen molar-refractivity contribution in [3.05, 3.63) is 48.0 Å². The topological polar surface area (TPSA) is 94.2 Å². The fourth-order valence-electron chi connectivity index (χ4n) is 3.23. The number of sulfonamides is 1. The largest absolute Gasteiger partial charge is 0.493 e. The molecule has 2 aromatic rings. The second-order valence-corrected chi connectivity index (χ2v) is 9.56. The zero-order valence-corrected chi connectivity index (χ0v) is 18.9. The van der Waals surface area contributed by atoms with Crippen LogP contribution in [-0.4, -0.2) is 45.9 Å². The lowest BCUT2D eigenvalue weighted by atomic mass is 10.2. The van der Waals surface area contributed by atoms with Gasteiger partial charge in [-0.05, 0) is 50.6 Å². The van der Waals surface area contributed by atoms with E-state index in [2.05, 4.69) is 5.32 Å². The fourth-order valence-corrected chi connectivity index (χ4v) is 4.36. The predicted octanol–water partition coefficient (Wildman–Crippen LogP) is 2.72. The maximum Gasteiger partial charge on any atom is 0.263 e. The zero-order chi connectivity index (χ0) is 22.6. The van der Waals surface area contributed by atoms with E-state index >= 15 is 0 Å². The molecule has 8 nitrogen and oxygen atoms in total. The highest BCUT2D eigenvalue weighted by Crippen LogP contribution is 2.35. The number of anilines is 1. The molecule has 0 saturated heterocycles. The summed E-state index contributed by atoms with van der Waals surface area (Å²) in [6.07, 6.45) is -0.949. The Balaban J connectivity index is 1.72. The first kappa shape index (κ1) is 22.7. The van der Waals surface area contributed by atoms with Gasteiger partial charge in [0.1, 0.15) is 5.75 Å². The van der Waals surface area contributed by atoms with E-state index in [0.29, 0.717) is 22.9 Å². The minimum atomic E-state index is -3.55. The molecule has 9 heteroatoms. The Labute approximate surface area is 183 Å². The third-order valence-electron chi connectivity index (χ3n) is 4.79. The normalized spacial score (nSPS) is 15.8. The Morgan fingerprint density at radius 2 is 1.97 bits per heavy atom. The van der Waals surface area contributed by atoms with Gasteiger partial charge in [-0.3, -0.25) is 9.10 Å². The van der Waals surface area contributed by atoms with Crippen molar-refractivity contribution in [3.63, 3.8) is 0 Å². The van der Waals surface area contributed by atoms with Crippen molar-refractivity contribution >= 4 is 21.6 Å². The van der Waals surface area contributed by atoms with Gasteiger partial charge in [0.05, 0.1) is 31.2 Å². The quantitative estimate of drug-likeness (QED) is 0.667. The molecule has 0 saturated carbocycles. The van der Waals surface area contributed by atoms with Crippen molar-refractivity contribution in [2.75, 3.05) is 23.7 Å². The molecular weight excluding hydrogens is 420 g/mol. The molecule has 0 unspecified atom stereocenters. The van der Waals surface area contributed by atoms with E-state index < -0.39 is 22.0 Å². The van der Waals surface area contributed by atoms with Gasteiger partial charge in [-0.1, -0.05) is 18.2 Å². The van der Waals surface area contributed by atoms with E-state index in [9.17, 15) is 13.2 Å². The highest BCUT2D eigenvalue weighted by molar-refractivity contribution is 7.92. The van der Waals surface area contributed by atoms with Crippen LogP contribution in [0.3, 0.4) is 0 Å². The summed E-state index contributed by atoms with van der Waals surface area (Å²) in [5, 5.41) is 2.82. The maximum absolute atomic E-state index is 12.8. The Bertz CT molecular complexity index is 1040. The Hall–Kier alpha value is -2.94. The van der Waals surface area contributed by atoms with E-state index in [-0.39, 0.29) is 24.9 Å². The van der Waals surface area contributed by atoms with Crippen LogP contribution >= 0.6 is 0 Å². The SMILES string of the molecule is CCS(=O)(=O)N1C[C@H](C(=O)NCc2ccc(OC(C)C)c(OC)c2)Oc2ccccc21. The highest BCUT2D eigenvalue weighted by Gasteiger charge is 2.35. The van der Waals surface area contributed by atoms with E-state index in [1.165, 1.54) is 4.31 Å². The van der Waals surface area contributed by atoms with Crippen molar-refractivity contribution in [2.45, 2.75) is 39.5 Å². The van der Waals surface area contributed by atoms with Gasteiger partial charge in [0.2, 0.25) is 10.0 Å². The summed E-state index contributed by atoms with van der Waals surface area (Å²) in [6.45, 7) is 5.58. The lowest BCUT2D eigenvalue weighted by molar-refractivity contribution is -0.127. The van der Waals surface area contributed by atoms with E-state index in [1.807, 2.05) is 19.9 Å². The first-order valence-corrected chi connectivity index (χ1v) is 11.7. The fraction of sp³-hybridized carbons (Fsp3) is 0.409. The highest BCUT2D eigenvalue weighted by atomic mass is 32.2. The molecule has 0 bridgehead atoms. The number of hydrogen-bond acceptors (Lipinski definition) is 6. The van der Waals surface area contributed by atoms with Crippen molar-refractivity contribution in [1.82, 2.24) is 5.32 Å². The summed E-state index contributed by atoms with van der Waals surface area (Å²) in [5.74, 6) is 1.10. The van der Waals surface area contributed by atoms with Crippen molar-refractivity contribution in [2.24, 2.45) is 0 Å². The Morgan fingerprint density at radius 1 is 1.23 bits per heavy atom. The van der Waals surface area contributed by atoms with E-state index in [4.69, 9.17) is 14.2 Å². The molecule has 0 aliphatic carbocycles. The van der Waals surface area contributed by atoms with Crippen LogP contribution < -0.4 is 23.8 Å². The third-order valence-corrected chi connectivity index (χ3v) is 6.53. The lowest BCUT2D eigenvalue weighted by Gasteiger charge is -2.34. The molecule has 168 valence electrons. The molecule has 0 spiro atoms. The van der Waals surface area contributed by atoms with Crippen LogP contribution in [0, 0.1) is 0 Å². The van der Waals surface area contributed by atoms with Crippen LogP contribution in [0.4, 0.5) is 5.69 Å². The second-order valence-electron chi connectivity index (χ2n) is 7.38. The molecule has 1 heterocycles. The monoisotopic (exact) mass is 448 g/mol. The van der Waals surface area contributed by atoms with Gasteiger partial charge in [0.15, 0.2) is 17.6 Å². The number of fused-ring (bicyclic) bond motifs is 1. The standard InChI is InChI=1S/C22H28N2O6S/c1-5-31(26,27)24-14-21(30-18-9-7-6-8-17(18)24)22(25)23-13-16-10-11-19(29-15(2)3)20(12-16)28-4/h6-12,15,21H,5,13-14H2,1-4H3,(H,23,25)/t21-/m1/s1. The van der Waals surface area contributed by atoms with Crippen LogP contribution in [0.15, 0.2) is 42.5 Å². The second kappa shape index (κ2) is 9.47. The summed E-state index contributed by atoms with van der Waals surface area (Å²) >= 11 is 0. The number of carbonyl (C=O) groups excluding carboxylic acids is 1. The predicted molar refractivity (Wildman–Crippen MR) is 118 cm³/mol. The van der Waals surface area contributed by atoms with Crippen molar-refractivity contribution in [1.29, 1.82) is 0 Å². The first-order chi connectivity index (χ1) is 14.7. The number of ether oxygens (including phenoxy) is 3. The lowest BCUT2D eigenvalue weighted by Crippen LogP contribution is -2.50. The van der Waals surface area contributed by atoms with Gasteiger partial charge in [0.25, 0.3) is 5.91 Å². The van der Waals surface area contributed by atoms with Crippen LogP contribution in [0.1, 0.15) is 26.3 Å². The number of amides is 1. The number of para-hydroxylation sites is 2. The number of nitrogens with one attached hydrogen (secondary N) is 1. The maximum atomic E-state index is 12.8. The zero-order valence-electron chi connectivity index (χ0n) is 18.1. The number of hydrogen-bond donors (Lipinski definition) is 1. The van der Waals surface area contributed by atoms with Crippen LogP contribution in [-0.2, 0) is 21.4 Å². The molecule has 1 atom stereocenters. The minimum absolute atomic E-state index is 0.00752. The summed E-state index contributed by atoms with van der Waals surface area (Å²) in [7, 11) is -1.99. The van der Waals surface area contributed by atoms with Gasteiger partial charge in [0, 0.05) is 6.54 Å². The van der Waals surface area contributed by atoms with E-state index in [0.717, 1.165) is 5.56 Å². The number of nitrogens with zero attached hydrogens (tertiary/aromatic N) is 1. The smallest absolute Gasteiger partial charge is 0.263 e. The van der Waals surface area contributed by atoms with Crippen molar-refractivity contribution < 1.29 is 27.4 Å². The summed E-state index contributed by atoms with van der Waals surface area (Å²) in [5.41, 5.74) is 1.26. The van der Waals surface area contributed by atoms with Gasteiger partial charge in [-0.15, -0.1) is 0 Å². The molecule has 0 fully saturated rings. The average molecular weight is 449 g/mol. The van der Waals surface area contributed by atoms with E-state index in [1.54, 1.807) is 50.4 Å². The van der Waals surface area contributed by atoms with Gasteiger partial charge in [-0.25, -0.2) is 8.42 Å². The average Bonchev–Trinajstić information content (AvgIpc) is 2.76. The number of methoxy groups -OCH3 is 1. The molecule has 0 aromatic heterocycles. The Kier molecular flexibility index (Phi) is 6.94. The van der Waals surface area contributed by atoms with Gasteiger partial charge in [-0.2, -0.15) is 0 Å². The molecule has 2 aromatic carbocycles. The summed E-state index contributed by atoms with van der Waals surface area (Å²) in [6, 6.07) is 12.2. The number of benzene rings is 2. The van der Waals surface area contributed by atoms with Gasteiger partial charge < -0.3 is 19.5 Å². The van der Waals surface area contributed by atoms with Crippen LogP contribution in [0.2, 0.25) is 0 Å². The summed E-state index contributed by atoms with van der Waals surface area (Å²) < 4.78 is 43.2. The molecule has 1 aliphatic rings. The summed E-state index contributed by atoms with van der Waals surface area (Å²) in [4.78, 5) is 12.8. The van der Waals surface area contributed by atoms with Gasteiger partial charge >= 0.3 is 0 Å². The minimum Gasteiger partial charge on any atom is -0.493 e. The van der Waals surface area contributed by atoms with Crippen LogP contribution in [0.5, 0.6) is 17.2 Å². The number of carbonyl (C=O) groups is 1.